The lowest BCUT2D eigenvalue weighted by Gasteiger charge is -2.46. The second kappa shape index (κ2) is 9.61. The van der Waals surface area contributed by atoms with Crippen LogP contribution in [0.1, 0.15) is 31.4 Å². The second-order valence-electron chi connectivity index (χ2n) is 9.47. The highest BCUT2D eigenvalue weighted by atomic mass is 16.6. The number of amidine groups is 1. The van der Waals surface area contributed by atoms with Gasteiger partial charge >= 0.3 is 0 Å². The molecule has 6 heteroatoms. The van der Waals surface area contributed by atoms with Crippen LogP contribution in [0.2, 0.25) is 0 Å². The van der Waals surface area contributed by atoms with E-state index in [9.17, 15) is 5.11 Å². The zero-order valence-electron chi connectivity index (χ0n) is 19.3. The van der Waals surface area contributed by atoms with E-state index in [2.05, 4.69) is 0 Å². The Hall–Kier alpha value is -2.41. The van der Waals surface area contributed by atoms with Gasteiger partial charge in [-0.2, -0.15) is 0 Å². The quantitative estimate of drug-likeness (QED) is 0.715. The molecule has 0 radical (unpaired) electrons. The summed E-state index contributed by atoms with van der Waals surface area (Å²) < 4.78 is 19.2. The van der Waals surface area contributed by atoms with Crippen LogP contribution >= 0.6 is 0 Å². The molecule has 2 aromatic rings. The molecule has 0 bridgehead atoms. The molecule has 1 aliphatic heterocycles. The van der Waals surface area contributed by atoms with Gasteiger partial charge in [-0.1, -0.05) is 60.7 Å². The van der Waals surface area contributed by atoms with E-state index in [1.165, 1.54) is 0 Å². The first-order valence-corrected chi connectivity index (χ1v) is 11.3. The van der Waals surface area contributed by atoms with Gasteiger partial charge in [-0.05, 0) is 31.4 Å². The van der Waals surface area contributed by atoms with Crippen molar-refractivity contribution in [3.05, 3.63) is 71.8 Å². The highest BCUT2D eigenvalue weighted by Gasteiger charge is 2.54. The van der Waals surface area contributed by atoms with E-state index < -0.39 is 5.60 Å². The Morgan fingerprint density at radius 1 is 0.938 bits per heavy atom. The molecule has 1 fully saturated rings. The van der Waals surface area contributed by atoms with Crippen LogP contribution in [0.3, 0.4) is 0 Å². The summed E-state index contributed by atoms with van der Waals surface area (Å²) in [6.07, 6.45) is -0.165. The lowest BCUT2D eigenvalue weighted by atomic mass is 9.72. The maximum absolute atomic E-state index is 11.1. The Kier molecular flexibility index (Phi) is 6.84. The van der Waals surface area contributed by atoms with Gasteiger partial charge in [-0.15, -0.1) is 0 Å². The van der Waals surface area contributed by atoms with Gasteiger partial charge in [0.15, 0.2) is 0 Å². The van der Waals surface area contributed by atoms with Crippen LogP contribution in [0.5, 0.6) is 0 Å². The maximum Gasteiger partial charge on any atom is 0.287 e. The molecule has 0 saturated heterocycles. The first-order chi connectivity index (χ1) is 15.3. The molecule has 0 unspecified atom stereocenters. The molecular weight excluding hydrogens is 404 g/mol. The molecule has 6 nitrogen and oxygen atoms in total. The maximum atomic E-state index is 11.1. The van der Waals surface area contributed by atoms with Crippen LogP contribution < -0.4 is 0 Å². The van der Waals surface area contributed by atoms with Crippen molar-refractivity contribution in [1.29, 1.82) is 0 Å². The zero-order valence-corrected chi connectivity index (χ0v) is 19.3. The topological polar surface area (TPSA) is 63.5 Å². The third-order valence-electron chi connectivity index (χ3n) is 6.30. The molecule has 5 atom stereocenters. The summed E-state index contributed by atoms with van der Waals surface area (Å²) >= 11 is 0. The van der Waals surface area contributed by atoms with Crippen LogP contribution in [-0.2, 0) is 27.4 Å². The number of fused-ring (bicyclic) bond motifs is 1. The molecule has 0 aromatic heterocycles. The molecule has 4 rings (SSSR count). The average Bonchev–Trinajstić information content (AvgIpc) is 3.21. The Labute approximate surface area is 190 Å². The number of hydrogen-bond acceptors (Lipinski definition) is 6. The summed E-state index contributed by atoms with van der Waals surface area (Å²) in [7, 11) is 3.85. The van der Waals surface area contributed by atoms with Gasteiger partial charge in [0.25, 0.3) is 6.02 Å². The van der Waals surface area contributed by atoms with Gasteiger partial charge in [-0.25, -0.2) is 4.99 Å². The Morgan fingerprint density at radius 2 is 1.47 bits per heavy atom. The number of rotatable bonds is 7. The minimum absolute atomic E-state index is 0.152. The molecule has 172 valence electrons. The highest BCUT2D eigenvalue weighted by molar-refractivity contribution is 5.75. The van der Waals surface area contributed by atoms with Crippen molar-refractivity contribution in [1.82, 2.24) is 4.90 Å². The van der Waals surface area contributed by atoms with E-state index in [-0.39, 0.29) is 30.3 Å². The fraction of sp³-hybridized carbons (Fsp3) is 0.500. The summed E-state index contributed by atoms with van der Waals surface area (Å²) in [5.74, 6) is -0.162. The molecule has 0 amide bonds. The van der Waals surface area contributed by atoms with E-state index >= 15 is 0 Å². The van der Waals surface area contributed by atoms with Gasteiger partial charge in [0, 0.05) is 20.0 Å². The largest absolute Gasteiger partial charge is 0.459 e. The van der Waals surface area contributed by atoms with Crippen LogP contribution in [0.4, 0.5) is 0 Å². The van der Waals surface area contributed by atoms with E-state index in [0.29, 0.717) is 25.7 Å². The van der Waals surface area contributed by atoms with Crippen molar-refractivity contribution in [2.24, 2.45) is 10.9 Å². The minimum atomic E-state index is -0.953. The molecule has 2 aromatic carbocycles. The number of aliphatic imine (C=N–C) groups is 1. The van der Waals surface area contributed by atoms with Crippen molar-refractivity contribution >= 4 is 6.02 Å². The number of hydrogen-bond donors (Lipinski definition) is 1. The fourth-order valence-corrected chi connectivity index (χ4v) is 4.58. The summed E-state index contributed by atoms with van der Waals surface area (Å²) in [4.78, 5) is 6.74. The molecule has 0 spiro atoms. The molecule has 1 saturated carbocycles. The first kappa shape index (κ1) is 22.8. The summed E-state index contributed by atoms with van der Waals surface area (Å²) in [5.41, 5.74) is 1.23. The zero-order chi connectivity index (χ0) is 22.7. The molecule has 2 aliphatic rings. The van der Waals surface area contributed by atoms with Gasteiger partial charge in [0.05, 0.1) is 24.9 Å². The summed E-state index contributed by atoms with van der Waals surface area (Å²) in [6, 6.07) is 20.6. The predicted octanol–water partition coefficient (Wildman–Crippen LogP) is 3.63. The third kappa shape index (κ3) is 5.14. The monoisotopic (exact) mass is 438 g/mol. The minimum Gasteiger partial charge on any atom is -0.459 e. The van der Waals surface area contributed by atoms with E-state index in [1.54, 1.807) is 0 Å². The van der Waals surface area contributed by atoms with Crippen molar-refractivity contribution in [2.75, 3.05) is 14.1 Å². The van der Waals surface area contributed by atoms with Crippen LogP contribution in [-0.4, -0.2) is 60.1 Å². The highest BCUT2D eigenvalue weighted by Crippen LogP contribution is 2.41. The standard InChI is InChI=1S/C26H34N2O4/c1-26(2,29)20-15-21-22(27-25(32-21)28(3)4)24(31-17-19-13-9-6-10-14-19)23(20)30-16-18-11-7-5-8-12-18/h5-14,20-24,29H,15-17H2,1-4H3/t20-,21-,22-,23+,24+/m0/s1. The van der Waals surface area contributed by atoms with E-state index in [0.717, 1.165) is 11.1 Å². The molecular formula is C26H34N2O4. The Bertz CT molecular complexity index is 895. The molecule has 1 heterocycles. The number of nitrogens with zero attached hydrogens (tertiary/aromatic N) is 2. The van der Waals surface area contributed by atoms with Gasteiger partial charge in [-0.3, -0.25) is 0 Å². The van der Waals surface area contributed by atoms with Crippen LogP contribution in [0, 0.1) is 5.92 Å². The number of benzene rings is 2. The van der Waals surface area contributed by atoms with Crippen molar-refractivity contribution < 1.29 is 19.3 Å². The van der Waals surface area contributed by atoms with Gasteiger partial charge in [0.1, 0.15) is 18.2 Å². The SMILES string of the molecule is CN(C)C1=N[C@@H]2[C@@H](OCc3ccccc3)[C@H](OCc3ccccc3)[C@@H](C(C)(C)O)C[C@@H]2O1. The molecule has 1 N–H and O–H groups in total. The van der Waals surface area contributed by atoms with E-state index in [1.807, 2.05) is 93.5 Å². The molecule has 1 aliphatic carbocycles. The normalized spacial score (nSPS) is 27.4. The van der Waals surface area contributed by atoms with Crippen LogP contribution in [0.15, 0.2) is 65.7 Å². The van der Waals surface area contributed by atoms with E-state index in [4.69, 9.17) is 19.2 Å². The first-order valence-electron chi connectivity index (χ1n) is 11.3. The lowest BCUT2D eigenvalue weighted by Crippen LogP contribution is -2.58. The smallest absolute Gasteiger partial charge is 0.287 e. The number of ether oxygens (including phenoxy) is 3. The molecule has 32 heavy (non-hydrogen) atoms. The van der Waals surface area contributed by atoms with Gasteiger partial charge in [0.2, 0.25) is 0 Å². The second-order valence-corrected chi connectivity index (χ2v) is 9.47. The van der Waals surface area contributed by atoms with Crippen molar-refractivity contribution in [3.8, 4) is 0 Å². The average molecular weight is 439 g/mol. The predicted molar refractivity (Wildman–Crippen MR) is 124 cm³/mol. The van der Waals surface area contributed by atoms with Crippen LogP contribution in [0.25, 0.3) is 0 Å². The van der Waals surface area contributed by atoms with Gasteiger partial charge < -0.3 is 24.2 Å². The Balaban J connectivity index is 1.62. The number of aliphatic hydroxyl groups is 1. The summed E-state index contributed by atoms with van der Waals surface area (Å²) in [5, 5.41) is 11.1. The lowest BCUT2D eigenvalue weighted by molar-refractivity contribution is -0.186. The van der Waals surface area contributed by atoms with Crippen molar-refractivity contribution in [3.63, 3.8) is 0 Å². The fourth-order valence-electron chi connectivity index (χ4n) is 4.58. The Morgan fingerprint density at radius 3 is 1.97 bits per heavy atom. The third-order valence-corrected chi connectivity index (χ3v) is 6.30. The van der Waals surface area contributed by atoms with Crippen molar-refractivity contribution in [2.45, 2.75) is 63.4 Å². The summed E-state index contributed by atoms with van der Waals surface area (Å²) in [6.45, 7) is 4.58.